The zero-order valence-corrected chi connectivity index (χ0v) is 9.46. The first-order valence-corrected chi connectivity index (χ1v) is 4.98. The molecule has 0 saturated heterocycles. The van der Waals surface area contributed by atoms with Crippen LogP contribution in [0, 0.1) is 6.92 Å². The monoisotopic (exact) mass is 193 g/mol. The van der Waals surface area contributed by atoms with Gasteiger partial charge in [-0.15, -0.1) is 0 Å². The molecular weight excluding hydrogens is 174 g/mol. The molecule has 1 aromatic heterocycles. The van der Waals surface area contributed by atoms with Gasteiger partial charge in [-0.1, -0.05) is 6.92 Å². The molecule has 0 fully saturated rings. The normalized spacial score (nSPS) is 10.3. The molecular formula is C11H19N3. The molecule has 0 aromatic carbocycles. The Kier molecular flexibility index (Phi) is 3.89. The van der Waals surface area contributed by atoms with E-state index in [-0.39, 0.29) is 0 Å². The second-order valence-electron chi connectivity index (χ2n) is 3.66. The predicted molar refractivity (Wildman–Crippen MR) is 60.7 cm³/mol. The van der Waals surface area contributed by atoms with Crippen LogP contribution in [0.4, 0.5) is 5.82 Å². The van der Waals surface area contributed by atoms with Gasteiger partial charge in [0.25, 0.3) is 0 Å². The van der Waals surface area contributed by atoms with E-state index >= 15 is 0 Å². The lowest BCUT2D eigenvalue weighted by Crippen LogP contribution is -2.15. The van der Waals surface area contributed by atoms with E-state index in [0.29, 0.717) is 0 Å². The second kappa shape index (κ2) is 4.96. The summed E-state index contributed by atoms with van der Waals surface area (Å²) >= 11 is 0. The summed E-state index contributed by atoms with van der Waals surface area (Å²) in [6, 6.07) is 2.19. The number of anilines is 1. The largest absolute Gasteiger partial charge is 0.363 e. The van der Waals surface area contributed by atoms with Crippen LogP contribution in [0.3, 0.4) is 0 Å². The lowest BCUT2D eigenvalue weighted by atomic mass is 10.2. The molecule has 0 radical (unpaired) electrons. The van der Waals surface area contributed by atoms with Crippen LogP contribution in [0.5, 0.6) is 0 Å². The molecule has 0 bridgehead atoms. The van der Waals surface area contributed by atoms with Crippen molar-refractivity contribution >= 4 is 5.82 Å². The van der Waals surface area contributed by atoms with Crippen molar-refractivity contribution in [2.24, 2.45) is 0 Å². The van der Waals surface area contributed by atoms with Crippen LogP contribution in [-0.2, 0) is 6.54 Å². The summed E-state index contributed by atoms with van der Waals surface area (Å²) in [6.07, 6.45) is 1.94. The third-order valence-corrected chi connectivity index (χ3v) is 2.11. The van der Waals surface area contributed by atoms with E-state index in [4.69, 9.17) is 0 Å². The van der Waals surface area contributed by atoms with Gasteiger partial charge in [-0.2, -0.15) is 0 Å². The molecule has 1 aromatic rings. The summed E-state index contributed by atoms with van der Waals surface area (Å²) < 4.78 is 0. The third-order valence-electron chi connectivity index (χ3n) is 2.11. The number of nitrogens with zero attached hydrogens (tertiary/aromatic N) is 2. The van der Waals surface area contributed by atoms with Crippen LogP contribution in [0.2, 0.25) is 0 Å². The summed E-state index contributed by atoms with van der Waals surface area (Å²) in [5.74, 6) is 1.05. The van der Waals surface area contributed by atoms with Crippen LogP contribution in [0.15, 0.2) is 12.3 Å². The Bertz CT molecular complexity index is 295. The van der Waals surface area contributed by atoms with Gasteiger partial charge in [0.15, 0.2) is 0 Å². The first-order valence-electron chi connectivity index (χ1n) is 4.98. The maximum atomic E-state index is 4.42. The van der Waals surface area contributed by atoms with Crippen LogP contribution >= 0.6 is 0 Å². The molecule has 0 aliphatic rings. The van der Waals surface area contributed by atoms with Crippen molar-refractivity contribution in [3.05, 3.63) is 23.4 Å². The van der Waals surface area contributed by atoms with E-state index in [1.807, 2.05) is 25.2 Å². The van der Waals surface area contributed by atoms with E-state index in [1.165, 1.54) is 11.1 Å². The summed E-state index contributed by atoms with van der Waals surface area (Å²) in [5, 5.41) is 3.29. The topological polar surface area (TPSA) is 28.2 Å². The van der Waals surface area contributed by atoms with E-state index in [1.54, 1.807) is 0 Å². The number of rotatable bonds is 4. The summed E-state index contributed by atoms with van der Waals surface area (Å²) in [7, 11) is 4.03. The molecule has 1 N–H and O–H groups in total. The van der Waals surface area contributed by atoms with Crippen molar-refractivity contribution in [1.29, 1.82) is 0 Å². The zero-order valence-electron chi connectivity index (χ0n) is 9.46. The molecule has 0 unspecified atom stereocenters. The number of hydrogen-bond donors (Lipinski definition) is 1. The fourth-order valence-corrected chi connectivity index (χ4v) is 1.46. The minimum absolute atomic E-state index is 0.901. The quantitative estimate of drug-likeness (QED) is 0.786. The molecule has 0 spiro atoms. The third kappa shape index (κ3) is 2.70. The Morgan fingerprint density at radius 3 is 2.64 bits per heavy atom. The average Bonchev–Trinajstić information content (AvgIpc) is 2.14. The highest BCUT2D eigenvalue weighted by atomic mass is 15.1. The minimum Gasteiger partial charge on any atom is -0.363 e. The van der Waals surface area contributed by atoms with Crippen molar-refractivity contribution in [2.75, 3.05) is 25.5 Å². The molecule has 1 heterocycles. The van der Waals surface area contributed by atoms with Gasteiger partial charge >= 0.3 is 0 Å². The fourth-order valence-electron chi connectivity index (χ4n) is 1.46. The molecule has 1 rings (SSSR count). The van der Waals surface area contributed by atoms with E-state index < -0.39 is 0 Å². The summed E-state index contributed by atoms with van der Waals surface area (Å²) in [6.45, 7) is 6.10. The first-order chi connectivity index (χ1) is 6.65. The number of pyridine rings is 1. The smallest absolute Gasteiger partial charge is 0.130 e. The average molecular weight is 193 g/mol. The maximum absolute atomic E-state index is 4.42. The number of hydrogen-bond acceptors (Lipinski definition) is 3. The Morgan fingerprint density at radius 1 is 1.43 bits per heavy atom. The van der Waals surface area contributed by atoms with E-state index in [0.717, 1.165) is 18.9 Å². The molecule has 0 aliphatic carbocycles. The van der Waals surface area contributed by atoms with Crippen LogP contribution in [0.25, 0.3) is 0 Å². The number of aryl methyl sites for hydroxylation is 1. The Labute approximate surface area is 86.2 Å². The SMILES string of the molecule is CCNCc1cnc(N(C)C)c(C)c1. The first kappa shape index (κ1) is 11.0. The Balaban J connectivity index is 2.78. The van der Waals surface area contributed by atoms with Crippen molar-refractivity contribution in [3.8, 4) is 0 Å². The highest BCUT2D eigenvalue weighted by Crippen LogP contribution is 2.14. The number of aromatic nitrogens is 1. The molecule has 0 amide bonds. The van der Waals surface area contributed by atoms with Crippen LogP contribution in [0.1, 0.15) is 18.1 Å². The standard InChI is InChI=1S/C11H19N3/c1-5-12-7-10-6-9(2)11(13-8-10)14(3)4/h6,8,12H,5,7H2,1-4H3. The van der Waals surface area contributed by atoms with Gasteiger partial charge in [0.1, 0.15) is 5.82 Å². The van der Waals surface area contributed by atoms with E-state index in [2.05, 4.69) is 30.2 Å². The van der Waals surface area contributed by atoms with Crippen molar-refractivity contribution in [2.45, 2.75) is 20.4 Å². The molecule has 3 heteroatoms. The van der Waals surface area contributed by atoms with Crippen molar-refractivity contribution in [1.82, 2.24) is 10.3 Å². The Morgan fingerprint density at radius 2 is 2.14 bits per heavy atom. The molecule has 0 aliphatic heterocycles. The van der Waals surface area contributed by atoms with Crippen LogP contribution < -0.4 is 10.2 Å². The molecule has 78 valence electrons. The summed E-state index contributed by atoms with van der Waals surface area (Å²) in [4.78, 5) is 6.45. The van der Waals surface area contributed by atoms with Crippen molar-refractivity contribution in [3.63, 3.8) is 0 Å². The lowest BCUT2D eigenvalue weighted by molar-refractivity contribution is 0.723. The molecule has 3 nitrogen and oxygen atoms in total. The van der Waals surface area contributed by atoms with Gasteiger partial charge < -0.3 is 10.2 Å². The maximum Gasteiger partial charge on any atom is 0.130 e. The van der Waals surface area contributed by atoms with Crippen molar-refractivity contribution < 1.29 is 0 Å². The van der Waals surface area contributed by atoms with Gasteiger partial charge in [-0.05, 0) is 30.7 Å². The number of nitrogens with one attached hydrogen (secondary N) is 1. The van der Waals surface area contributed by atoms with Gasteiger partial charge in [0, 0.05) is 26.8 Å². The van der Waals surface area contributed by atoms with Gasteiger partial charge in [-0.25, -0.2) is 4.98 Å². The van der Waals surface area contributed by atoms with Gasteiger partial charge in [0.2, 0.25) is 0 Å². The van der Waals surface area contributed by atoms with Crippen LogP contribution in [-0.4, -0.2) is 25.6 Å². The predicted octanol–water partition coefficient (Wildman–Crippen LogP) is 1.57. The minimum atomic E-state index is 0.901. The molecule has 0 saturated carbocycles. The molecule has 0 atom stereocenters. The second-order valence-corrected chi connectivity index (χ2v) is 3.66. The molecule has 14 heavy (non-hydrogen) atoms. The fraction of sp³-hybridized carbons (Fsp3) is 0.545. The highest BCUT2D eigenvalue weighted by molar-refractivity contribution is 5.45. The summed E-state index contributed by atoms with van der Waals surface area (Å²) in [5.41, 5.74) is 2.47. The lowest BCUT2D eigenvalue weighted by Gasteiger charge is -2.14. The van der Waals surface area contributed by atoms with Gasteiger partial charge in [-0.3, -0.25) is 0 Å². The highest BCUT2D eigenvalue weighted by Gasteiger charge is 2.02. The van der Waals surface area contributed by atoms with E-state index in [9.17, 15) is 0 Å². The van der Waals surface area contributed by atoms with Gasteiger partial charge in [0.05, 0.1) is 0 Å². The zero-order chi connectivity index (χ0) is 10.6. The Hall–Kier alpha value is -1.09.